The second kappa shape index (κ2) is 6.93. The van der Waals surface area contributed by atoms with Crippen LogP contribution in [-0.2, 0) is 9.59 Å². The van der Waals surface area contributed by atoms with Gasteiger partial charge in [0.05, 0.1) is 12.7 Å². The number of carbonyl (C=O) groups is 2. The van der Waals surface area contributed by atoms with Gasteiger partial charge in [0.2, 0.25) is 5.91 Å². The van der Waals surface area contributed by atoms with Gasteiger partial charge in [-0.1, -0.05) is 13.8 Å². The summed E-state index contributed by atoms with van der Waals surface area (Å²) >= 11 is 0. The molecule has 0 radical (unpaired) electrons. The molecule has 0 unspecified atom stereocenters. The van der Waals surface area contributed by atoms with Crippen LogP contribution in [0, 0.1) is 5.92 Å². The molecule has 17 heavy (non-hydrogen) atoms. The Morgan fingerprint density at radius 3 is 2.88 bits per heavy atom. The highest BCUT2D eigenvalue weighted by atomic mass is 16.2. The van der Waals surface area contributed by atoms with E-state index in [9.17, 15) is 9.59 Å². The maximum absolute atomic E-state index is 11.6. The third kappa shape index (κ3) is 5.38. The first-order valence-electron chi connectivity index (χ1n) is 6.02. The van der Waals surface area contributed by atoms with Crippen molar-refractivity contribution in [3.05, 3.63) is 11.9 Å². The Morgan fingerprint density at radius 2 is 2.35 bits per heavy atom. The molecule has 0 aromatic carbocycles. The summed E-state index contributed by atoms with van der Waals surface area (Å²) in [6.45, 7) is 4.83. The molecule has 1 rings (SSSR count). The Morgan fingerprint density at radius 1 is 1.59 bits per heavy atom. The van der Waals surface area contributed by atoms with Crippen LogP contribution in [0.2, 0.25) is 0 Å². The standard InChI is InChI=1S/C12H21N3O2/c1-9(2)3-4-12(17)15-11(7-16)5-10-6-13-8-14-10/h6-7,9,11,13-14H,3-5,8H2,1-2H3,(H,15,17)/t11-/m0/s1. The van der Waals surface area contributed by atoms with Crippen LogP contribution in [0.1, 0.15) is 33.1 Å². The molecule has 3 N–H and O–H groups in total. The minimum absolute atomic E-state index is 0.0534. The summed E-state index contributed by atoms with van der Waals surface area (Å²) in [6.07, 6.45) is 4.46. The molecule has 1 aliphatic rings. The molecule has 5 heteroatoms. The smallest absolute Gasteiger partial charge is 0.220 e. The maximum Gasteiger partial charge on any atom is 0.220 e. The van der Waals surface area contributed by atoms with Crippen LogP contribution >= 0.6 is 0 Å². The van der Waals surface area contributed by atoms with Crippen molar-refractivity contribution in [3.8, 4) is 0 Å². The van der Waals surface area contributed by atoms with E-state index in [1.807, 2.05) is 6.20 Å². The molecule has 0 aromatic rings. The van der Waals surface area contributed by atoms with Crippen LogP contribution < -0.4 is 16.0 Å². The molecular formula is C12H21N3O2. The molecule has 1 aliphatic heterocycles. The highest BCUT2D eigenvalue weighted by molar-refractivity contribution is 5.79. The average molecular weight is 239 g/mol. The van der Waals surface area contributed by atoms with E-state index in [2.05, 4.69) is 29.8 Å². The van der Waals surface area contributed by atoms with E-state index in [1.165, 1.54) is 0 Å². The van der Waals surface area contributed by atoms with Crippen molar-refractivity contribution in [3.63, 3.8) is 0 Å². The van der Waals surface area contributed by atoms with Crippen molar-refractivity contribution < 1.29 is 9.59 Å². The van der Waals surface area contributed by atoms with Crippen LogP contribution in [0.5, 0.6) is 0 Å². The molecule has 0 aromatic heterocycles. The van der Waals surface area contributed by atoms with Gasteiger partial charge in [-0.25, -0.2) is 0 Å². The Hall–Kier alpha value is -1.52. The van der Waals surface area contributed by atoms with E-state index in [1.54, 1.807) is 0 Å². The third-order valence-electron chi connectivity index (χ3n) is 2.59. The largest absolute Gasteiger partial charge is 0.372 e. The minimum atomic E-state index is -0.437. The lowest BCUT2D eigenvalue weighted by molar-refractivity contribution is -0.124. The van der Waals surface area contributed by atoms with Gasteiger partial charge in [-0.15, -0.1) is 0 Å². The Balaban J connectivity index is 2.30. The van der Waals surface area contributed by atoms with Crippen LogP contribution in [-0.4, -0.2) is 24.9 Å². The van der Waals surface area contributed by atoms with Crippen molar-refractivity contribution in [2.24, 2.45) is 5.92 Å². The zero-order valence-corrected chi connectivity index (χ0v) is 10.5. The number of carbonyl (C=O) groups excluding carboxylic acids is 2. The Labute approximate surface area is 102 Å². The van der Waals surface area contributed by atoms with Gasteiger partial charge in [0.1, 0.15) is 6.29 Å². The highest BCUT2D eigenvalue weighted by Crippen LogP contribution is 2.05. The third-order valence-corrected chi connectivity index (χ3v) is 2.59. The molecular weight excluding hydrogens is 218 g/mol. The lowest BCUT2D eigenvalue weighted by atomic mass is 10.1. The van der Waals surface area contributed by atoms with E-state index in [0.717, 1.165) is 18.4 Å². The number of hydrogen-bond donors (Lipinski definition) is 3. The van der Waals surface area contributed by atoms with Crippen molar-refractivity contribution in [1.29, 1.82) is 0 Å². The fraction of sp³-hybridized carbons (Fsp3) is 0.667. The first-order chi connectivity index (χ1) is 8.11. The Kier molecular flexibility index (Phi) is 5.52. The molecule has 1 amide bonds. The fourth-order valence-electron chi connectivity index (χ4n) is 1.59. The topological polar surface area (TPSA) is 70.2 Å². The number of aldehydes is 1. The predicted molar refractivity (Wildman–Crippen MR) is 65.9 cm³/mol. The van der Waals surface area contributed by atoms with E-state index in [-0.39, 0.29) is 5.91 Å². The lowest BCUT2D eigenvalue weighted by Gasteiger charge is -2.14. The van der Waals surface area contributed by atoms with Gasteiger partial charge < -0.3 is 20.7 Å². The van der Waals surface area contributed by atoms with Gasteiger partial charge in [0.15, 0.2) is 0 Å². The van der Waals surface area contributed by atoms with E-state index >= 15 is 0 Å². The minimum Gasteiger partial charge on any atom is -0.372 e. The summed E-state index contributed by atoms with van der Waals surface area (Å²) in [7, 11) is 0. The highest BCUT2D eigenvalue weighted by Gasteiger charge is 2.14. The van der Waals surface area contributed by atoms with E-state index < -0.39 is 6.04 Å². The summed E-state index contributed by atoms with van der Waals surface area (Å²) in [5.74, 6) is 0.446. The lowest BCUT2D eigenvalue weighted by Crippen LogP contribution is -2.37. The van der Waals surface area contributed by atoms with Gasteiger partial charge in [0, 0.05) is 24.7 Å². The van der Waals surface area contributed by atoms with Gasteiger partial charge in [-0.3, -0.25) is 4.79 Å². The monoisotopic (exact) mass is 239 g/mol. The second-order valence-corrected chi connectivity index (χ2v) is 4.67. The normalized spacial score (nSPS) is 15.8. The summed E-state index contributed by atoms with van der Waals surface area (Å²) in [4.78, 5) is 22.4. The molecule has 5 nitrogen and oxygen atoms in total. The molecule has 96 valence electrons. The molecule has 0 saturated heterocycles. The van der Waals surface area contributed by atoms with Gasteiger partial charge in [0.25, 0.3) is 0 Å². The van der Waals surface area contributed by atoms with Crippen molar-refractivity contribution in [2.45, 2.75) is 39.2 Å². The molecule has 0 fully saturated rings. The molecule has 0 spiro atoms. The predicted octanol–water partition coefficient (Wildman–Crippen LogP) is 0.488. The summed E-state index contributed by atoms with van der Waals surface area (Å²) in [5, 5.41) is 8.81. The summed E-state index contributed by atoms with van der Waals surface area (Å²) in [6, 6.07) is -0.437. The van der Waals surface area contributed by atoms with Crippen LogP contribution in [0.3, 0.4) is 0 Å². The SMILES string of the molecule is CC(C)CCC(=O)N[C@H](C=O)CC1=CNCN1. The van der Waals surface area contributed by atoms with Crippen molar-refractivity contribution >= 4 is 12.2 Å². The molecule has 1 heterocycles. The van der Waals surface area contributed by atoms with Crippen LogP contribution in [0.4, 0.5) is 0 Å². The zero-order chi connectivity index (χ0) is 12.7. The summed E-state index contributed by atoms with van der Waals surface area (Å²) in [5.41, 5.74) is 0.950. The second-order valence-electron chi connectivity index (χ2n) is 4.67. The molecule has 1 atom stereocenters. The first-order valence-corrected chi connectivity index (χ1v) is 6.02. The van der Waals surface area contributed by atoms with E-state index in [4.69, 9.17) is 0 Å². The van der Waals surface area contributed by atoms with E-state index in [0.29, 0.717) is 25.4 Å². The number of nitrogens with one attached hydrogen (secondary N) is 3. The average Bonchev–Trinajstić information content (AvgIpc) is 2.78. The van der Waals surface area contributed by atoms with Crippen molar-refractivity contribution in [2.75, 3.05) is 6.67 Å². The van der Waals surface area contributed by atoms with Gasteiger partial charge >= 0.3 is 0 Å². The summed E-state index contributed by atoms with van der Waals surface area (Å²) < 4.78 is 0. The van der Waals surface area contributed by atoms with Gasteiger partial charge in [-0.05, 0) is 12.3 Å². The first kappa shape index (κ1) is 13.5. The molecule has 0 bridgehead atoms. The Bertz CT molecular complexity index is 300. The zero-order valence-electron chi connectivity index (χ0n) is 10.5. The quantitative estimate of drug-likeness (QED) is 0.565. The molecule has 0 aliphatic carbocycles. The number of hydrogen-bond acceptors (Lipinski definition) is 4. The van der Waals surface area contributed by atoms with Gasteiger partial charge in [-0.2, -0.15) is 0 Å². The fourth-order valence-corrected chi connectivity index (χ4v) is 1.59. The van der Waals surface area contributed by atoms with Crippen LogP contribution in [0.25, 0.3) is 0 Å². The number of rotatable bonds is 7. The van der Waals surface area contributed by atoms with Crippen molar-refractivity contribution in [1.82, 2.24) is 16.0 Å². The maximum atomic E-state index is 11.6. The number of amides is 1. The van der Waals surface area contributed by atoms with Crippen LogP contribution in [0.15, 0.2) is 11.9 Å². The molecule has 0 saturated carbocycles.